The van der Waals surface area contributed by atoms with Crippen molar-refractivity contribution in [3.8, 4) is 0 Å². The number of hydrogen-bond donors (Lipinski definition) is 1. The Labute approximate surface area is 115 Å². The highest BCUT2D eigenvalue weighted by molar-refractivity contribution is 7.92. The Bertz CT molecular complexity index is 714. The summed E-state index contributed by atoms with van der Waals surface area (Å²) in [6.45, 7) is 0. The summed E-state index contributed by atoms with van der Waals surface area (Å²) in [6, 6.07) is 5.45. The standard InChI is InChI=1S/C12H11N3O4S/c1-15(10-4-6-13-7-5-10)20(18,19)11-3-2-9(8-14-11)12(16)17/h2-8H,1H3,(H,16,17). The number of pyridine rings is 2. The normalized spacial score (nSPS) is 11.1. The Hall–Kier alpha value is -2.48. The van der Waals surface area contributed by atoms with Crippen LogP contribution in [0.4, 0.5) is 5.69 Å². The van der Waals surface area contributed by atoms with Gasteiger partial charge in [-0.2, -0.15) is 8.42 Å². The molecule has 0 bridgehead atoms. The van der Waals surface area contributed by atoms with Gasteiger partial charge < -0.3 is 5.11 Å². The Morgan fingerprint density at radius 1 is 1.20 bits per heavy atom. The fourth-order valence-electron chi connectivity index (χ4n) is 1.49. The Morgan fingerprint density at radius 3 is 2.35 bits per heavy atom. The van der Waals surface area contributed by atoms with Crippen LogP contribution in [0.5, 0.6) is 0 Å². The van der Waals surface area contributed by atoms with Crippen LogP contribution in [-0.2, 0) is 10.0 Å². The molecule has 8 heteroatoms. The summed E-state index contributed by atoms with van der Waals surface area (Å²) in [6.07, 6.45) is 3.96. The van der Waals surface area contributed by atoms with Crippen LogP contribution in [0, 0.1) is 0 Å². The van der Waals surface area contributed by atoms with Crippen molar-refractivity contribution in [3.05, 3.63) is 48.4 Å². The molecule has 0 saturated heterocycles. The van der Waals surface area contributed by atoms with Gasteiger partial charge in [-0.1, -0.05) is 0 Å². The Kier molecular flexibility index (Phi) is 3.66. The van der Waals surface area contributed by atoms with Crippen molar-refractivity contribution >= 4 is 21.7 Å². The van der Waals surface area contributed by atoms with E-state index in [1.807, 2.05) is 0 Å². The highest BCUT2D eigenvalue weighted by Crippen LogP contribution is 2.19. The van der Waals surface area contributed by atoms with Crippen LogP contribution in [-0.4, -0.2) is 36.5 Å². The average molecular weight is 293 g/mol. The fourth-order valence-corrected chi connectivity index (χ4v) is 2.60. The third-order valence-corrected chi connectivity index (χ3v) is 4.34. The molecule has 0 saturated carbocycles. The van der Waals surface area contributed by atoms with Crippen molar-refractivity contribution in [1.29, 1.82) is 0 Å². The number of carbonyl (C=O) groups is 1. The largest absolute Gasteiger partial charge is 0.478 e. The molecule has 0 aromatic carbocycles. The monoisotopic (exact) mass is 293 g/mol. The van der Waals surface area contributed by atoms with E-state index in [4.69, 9.17) is 5.11 Å². The minimum absolute atomic E-state index is 0.0736. The summed E-state index contributed by atoms with van der Waals surface area (Å²) < 4.78 is 25.7. The van der Waals surface area contributed by atoms with Crippen molar-refractivity contribution in [2.45, 2.75) is 5.03 Å². The summed E-state index contributed by atoms with van der Waals surface area (Å²) in [5.41, 5.74) is 0.361. The van der Waals surface area contributed by atoms with Gasteiger partial charge >= 0.3 is 5.97 Å². The van der Waals surface area contributed by atoms with Gasteiger partial charge in [0, 0.05) is 25.6 Å². The molecule has 2 aromatic heterocycles. The van der Waals surface area contributed by atoms with E-state index in [2.05, 4.69) is 9.97 Å². The number of sulfonamides is 1. The lowest BCUT2D eigenvalue weighted by atomic mass is 10.3. The van der Waals surface area contributed by atoms with E-state index < -0.39 is 16.0 Å². The van der Waals surface area contributed by atoms with Crippen molar-refractivity contribution in [2.24, 2.45) is 0 Å². The highest BCUT2D eigenvalue weighted by Gasteiger charge is 2.23. The van der Waals surface area contributed by atoms with Gasteiger partial charge in [-0.15, -0.1) is 0 Å². The van der Waals surface area contributed by atoms with Crippen LogP contribution in [0.1, 0.15) is 10.4 Å². The van der Waals surface area contributed by atoms with E-state index in [0.717, 1.165) is 16.6 Å². The minimum atomic E-state index is -3.83. The van der Waals surface area contributed by atoms with E-state index in [9.17, 15) is 13.2 Å². The molecule has 0 unspecified atom stereocenters. The maximum absolute atomic E-state index is 12.3. The number of carboxylic acids is 1. The summed E-state index contributed by atoms with van der Waals surface area (Å²) in [5, 5.41) is 8.54. The molecule has 0 aliphatic heterocycles. The summed E-state index contributed by atoms with van der Waals surface area (Å²) >= 11 is 0. The zero-order valence-corrected chi connectivity index (χ0v) is 11.3. The quantitative estimate of drug-likeness (QED) is 0.902. The van der Waals surface area contributed by atoms with Gasteiger partial charge in [-0.3, -0.25) is 9.29 Å². The molecule has 0 aliphatic rings. The predicted molar refractivity (Wildman–Crippen MR) is 71.0 cm³/mol. The number of nitrogens with zero attached hydrogens (tertiary/aromatic N) is 3. The first kappa shape index (κ1) is 13.9. The third-order valence-electron chi connectivity index (χ3n) is 2.63. The van der Waals surface area contributed by atoms with Crippen molar-refractivity contribution in [3.63, 3.8) is 0 Å². The lowest BCUT2D eigenvalue weighted by Crippen LogP contribution is -2.27. The van der Waals surface area contributed by atoms with Gasteiger partial charge in [0.05, 0.1) is 11.3 Å². The summed E-state index contributed by atoms with van der Waals surface area (Å²) in [4.78, 5) is 18.2. The molecule has 0 aliphatic carbocycles. The SMILES string of the molecule is CN(c1ccncc1)S(=O)(=O)c1ccc(C(=O)O)cn1. The molecule has 0 spiro atoms. The van der Waals surface area contributed by atoms with Crippen LogP contribution >= 0.6 is 0 Å². The van der Waals surface area contributed by atoms with Crippen LogP contribution in [0.25, 0.3) is 0 Å². The van der Waals surface area contributed by atoms with E-state index in [-0.39, 0.29) is 10.6 Å². The second-order valence-electron chi connectivity index (χ2n) is 3.87. The van der Waals surface area contributed by atoms with Crippen molar-refractivity contribution in [1.82, 2.24) is 9.97 Å². The Morgan fingerprint density at radius 2 is 1.85 bits per heavy atom. The van der Waals surface area contributed by atoms with Crippen molar-refractivity contribution in [2.75, 3.05) is 11.4 Å². The minimum Gasteiger partial charge on any atom is -0.478 e. The molecule has 1 N–H and O–H groups in total. The topological polar surface area (TPSA) is 100 Å². The van der Waals surface area contributed by atoms with E-state index in [1.54, 1.807) is 12.1 Å². The van der Waals surface area contributed by atoms with Gasteiger partial charge in [0.2, 0.25) is 0 Å². The van der Waals surface area contributed by atoms with Gasteiger partial charge in [-0.05, 0) is 24.3 Å². The molecule has 20 heavy (non-hydrogen) atoms. The predicted octanol–water partition coefficient (Wildman–Crippen LogP) is 1.000. The molecule has 7 nitrogen and oxygen atoms in total. The van der Waals surface area contributed by atoms with Gasteiger partial charge in [0.1, 0.15) is 0 Å². The van der Waals surface area contributed by atoms with Gasteiger partial charge in [-0.25, -0.2) is 9.78 Å². The van der Waals surface area contributed by atoms with Crippen LogP contribution in [0.15, 0.2) is 47.9 Å². The third kappa shape index (κ3) is 2.59. The van der Waals surface area contributed by atoms with Gasteiger partial charge in [0.25, 0.3) is 10.0 Å². The number of hydrogen-bond acceptors (Lipinski definition) is 5. The molecule has 2 rings (SSSR count). The smallest absolute Gasteiger partial charge is 0.337 e. The zero-order valence-electron chi connectivity index (χ0n) is 10.5. The maximum atomic E-state index is 12.3. The number of anilines is 1. The number of aromatic nitrogens is 2. The first-order chi connectivity index (χ1) is 9.43. The molecular formula is C12H11N3O4S. The lowest BCUT2D eigenvalue weighted by molar-refractivity contribution is 0.0696. The number of carboxylic acid groups (broad SMARTS) is 1. The second-order valence-corrected chi connectivity index (χ2v) is 5.78. The van der Waals surface area contributed by atoms with Crippen LogP contribution in [0.2, 0.25) is 0 Å². The Balaban J connectivity index is 2.37. The summed E-state index contributed by atoms with van der Waals surface area (Å²) in [7, 11) is -2.45. The van der Waals surface area contributed by atoms with Gasteiger partial charge in [0.15, 0.2) is 5.03 Å². The lowest BCUT2D eigenvalue weighted by Gasteiger charge is -2.18. The highest BCUT2D eigenvalue weighted by atomic mass is 32.2. The fraction of sp³-hybridized carbons (Fsp3) is 0.0833. The summed E-state index contributed by atoms with van der Waals surface area (Å²) in [5.74, 6) is -1.16. The zero-order chi connectivity index (χ0) is 14.8. The van der Waals surface area contributed by atoms with E-state index >= 15 is 0 Å². The molecule has 104 valence electrons. The first-order valence-electron chi connectivity index (χ1n) is 5.51. The first-order valence-corrected chi connectivity index (χ1v) is 6.95. The number of aromatic carboxylic acids is 1. The number of rotatable bonds is 4. The molecular weight excluding hydrogens is 282 g/mol. The van der Waals surface area contributed by atoms with Crippen LogP contribution in [0.3, 0.4) is 0 Å². The van der Waals surface area contributed by atoms with Crippen molar-refractivity contribution < 1.29 is 18.3 Å². The molecule has 2 aromatic rings. The average Bonchev–Trinajstić information content (AvgIpc) is 2.47. The van der Waals surface area contributed by atoms with E-state index in [0.29, 0.717) is 5.69 Å². The molecule has 2 heterocycles. The maximum Gasteiger partial charge on any atom is 0.337 e. The molecule has 0 radical (unpaired) electrons. The van der Waals surface area contributed by atoms with E-state index in [1.165, 1.54) is 25.5 Å². The molecule has 0 amide bonds. The van der Waals surface area contributed by atoms with Crippen LogP contribution < -0.4 is 4.31 Å². The molecule has 0 fully saturated rings. The molecule has 0 atom stereocenters. The second kappa shape index (κ2) is 5.25.